The zero-order chi connectivity index (χ0) is 36.5. The highest BCUT2D eigenvalue weighted by molar-refractivity contribution is 7.55. The Balaban J connectivity index is 1.33. The third-order valence-corrected chi connectivity index (χ3v) is 12.5. The minimum absolute atomic E-state index is 0.106. The first-order valence-corrected chi connectivity index (χ1v) is 18.3. The summed E-state index contributed by atoms with van der Waals surface area (Å²) in [6, 6.07) is 3.49. The van der Waals surface area contributed by atoms with Crippen LogP contribution in [0.15, 0.2) is 34.9 Å². The number of aliphatic hydroxyl groups is 1. The lowest BCUT2D eigenvalue weighted by molar-refractivity contribution is -0.0377. The number of aliphatic hydroxyl groups excluding tert-OH is 1. The number of aromatic amines is 2. The Kier molecular flexibility index (Phi) is 10.6. The van der Waals surface area contributed by atoms with Gasteiger partial charge in [-0.05, 0) is 0 Å². The van der Waals surface area contributed by atoms with Crippen molar-refractivity contribution in [3.05, 3.63) is 46.0 Å². The highest BCUT2D eigenvalue weighted by atomic mass is 31.2. The molecule has 0 saturated carbocycles. The summed E-state index contributed by atoms with van der Waals surface area (Å²) in [5.41, 5.74) is -5.93. The van der Waals surface area contributed by atoms with Crippen molar-refractivity contribution in [3.8, 4) is 12.1 Å². The van der Waals surface area contributed by atoms with Crippen molar-refractivity contribution in [2.75, 3.05) is 26.4 Å². The van der Waals surface area contributed by atoms with Crippen molar-refractivity contribution >= 4 is 37.5 Å². The smallest absolute Gasteiger partial charge is 0.339 e. The molecule has 2 aliphatic heterocycles. The number of H-pyrrole nitrogens is 2. The van der Waals surface area contributed by atoms with Crippen molar-refractivity contribution in [3.63, 3.8) is 0 Å². The molecule has 4 aromatic heterocycles. The van der Waals surface area contributed by atoms with Crippen molar-refractivity contribution in [2.24, 2.45) is 0 Å². The average Bonchev–Trinajstić information content (AvgIpc) is 3.88. The zero-order valence-electron chi connectivity index (χ0n) is 26.0. The molecule has 4 aromatic rings. The van der Waals surface area contributed by atoms with Crippen LogP contribution in [0.1, 0.15) is 25.3 Å². The fourth-order valence-electron chi connectivity index (χ4n) is 5.92. The van der Waals surface area contributed by atoms with Gasteiger partial charge in [-0.1, -0.05) is 0 Å². The average molecular weight is 757 g/mol. The van der Waals surface area contributed by atoms with Crippen LogP contribution in [0.5, 0.6) is 0 Å². The number of nitriles is 2. The first-order valence-electron chi connectivity index (χ1n) is 15.1. The number of ether oxygens (including phenoxy) is 2. The SMILES string of the molecule is N#CCCOP(=O)(O)[C@@H]1C(COP(=O)(OCCC#N)[C@@H]2C(CO)OC(n3cnc4c(=O)[nH]cnc43)[C@@H]2F)OC(n2cnc3c(=O)[nH]cnc32)[C@@H]1F. The van der Waals surface area contributed by atoms with E-state index in [1.165, 1.54) is 0 Å². The highest BCUT2D eigenvalue weighted by Crippen LogP contribution is 2.62. The normalized spacial score (nSPS) is 28.7. The van der Waals surface area contributed by atoms with E-state index >= 15 is 8.78 Å². The second-order valence-electron chi connectivity index (χ2n) is 11.2. The molecule has 0 radical (unpaired) electrons. The summed E-state index contributed by atoms with van der Waals surface area (Å²) in [4.78, 5) is 55.7. The predicted octanol–water partition coefficient (Wildman–Crippen LogP) is 0.709. The van der Waals surface area contributed by atoms with Gasteiger partial charge in [-0.2, -0.15) is 10.5 Å². The fourth-order valence-corrected chi connectivity index (χ4v) is 9.72. The maximum Gasteiger partial charge on any atom is 0.339 e. The van der Waals surface area contributed by atoms with Gasteiger partial charge in [0.15, 0.2) is 47.1 Å². The maximum absolute atomic E-state index is 16.5. The molecule has 6 unspecified atom stereocenters. The Bertz CT molecular complexity index is 2200. The number of rotatable bonds is 14. The lowest BCUT2D eigenvalue weighted by Crippen LogP contribution is -2.36. The standard InChI is InChI=1S/C26H28F2N10O11P2/c27-15-19(50(42,43)45-5-1-3-29)14(49-25(15)37-11-35-17-21(37)31-9-33-23(17)40)8-47-51(44,46-6-2-4-30)20-13(7-39)48-26(16(20)28)38-12-36-18-22(38)32-10-34-24(18)41/h9-16,19-20,25-26,39H,1-2,5-8H2,(H,42,43)(H,31,33,40)(H,32,34,41)/t13?,14?,15-,16-,19-,20-,25?,26?,51?/m1/s1. The molecular formula is C26H28F2N10O11P2. The molecule has 21 nitrogen and oxygen atoms in total. The monoisotopic (exact) mass is 756 g/mol. The molecule has 0 aromatic carbocycles. The summed E-state index contributed by atoms with van der Waals surface area (Å²) in [5.74, 6) is 0. The van der Waals surface area contributed by atoms with Gasteiger partial charge in [0.05, 0.1) is 76.7 Å². The molecule has 6 heterocycles. The highest BCUT2D eigenvalue weighted by Gasteiger charge is 2.60. The van der Waals surface area contributed by atoms with Gasteiger partial charge in [0.25, 0.3) is 11.1 Å². The third-order valence-electron chi connectivity index (χ3n) is 8.18. The molecule has 272 valence electrons. The van der Waals surface area contributed by atoms with Crippen LogP contribution >= 0.6 is 15.2 Å². The molecule has 25 heteroatoms. The van der Waals surface area contributed by atoms with E-state index in [0.717, 1.165) is 34.4 Å². The van der Waals surface area contributed by atoms with E-state index in [-0.39, 0.29) is 35.2 Å². The van der Waals surface area contributed by atoms with Gasteiger partial charge in [0, 0.05) is 0 Å². The number of imidazole rings is 2. The number of fused-ring (bicyclic) bond motifs is 2. The van der Waals surface area contributed by atoms with E-state index in [1.54, 1.807) is 12.1 Å². The minimum atomic E-state index is -5.04. The van der Waals surface area contributed by atoms with Gasteiger partial charge >= 0.3 is 15.2 Å². The minimum Gasteiger partial charge on any atom is -0.394 e. The summed E-state index contributed by atoms with van der Waals surface area (Å²) >= 11 is 0. The summed E-state index contributed by atoms with van der Waals surface area (Å²) < 4.78 is 90.4. The Morgan fingerprint density at radius 3 is 1.86 bits per heavy atom. The van der Waals surface area contributed by atoms with Gasteiger partial charge in [-0.3, -0.25) is 27.9 Å². The van der Waals surface area contributed by atoms with Gasteiger partial charge in [-0.25, -0.2) is 28.7 Å². The van der Waals surface area contributed by atoms with Crippen LogP contribution in [-0.4, -0.2) is 111 Å². The molecule has 10 atom stereocenters. The van der Waals surface area contributed by atoms with Gasteiger partial charge < -0.3 is 43.0 Å². The molecule has 0 spiro atoms. The van der Waals surface area contributed by atoms with Crippen LogP contribution in [0.25, 0.3) is 22.3 Å². The van der Waals surface area contributed by atoms with Crippen LogP contribution < -0.4 is 11.1 Å². The molecule has 0 aliphatic carbocycles. The zero-order valence-corrected chi connectivity index (χ0v) is 27.8. The largest absolute Gasteiger partial charge is 0.394 e. The quantitative estimate of drug-likeness (QED) is 0.102. The van der Waals surface area contributed by atoms with E-state index in [4.69, 9.17) is 33.6 Å². The number of nitrogens with zero attached hydrogens (tertiary/aromatic N) is 8. The Morgan fingerprint density at radius 2 is 1.33 bits per heavy atom. The summed E-state index contributed by atoms with van der Waals surface area (Å²) in [6.07, 6.45) is -8.08. The van der Waals surface area contributed by atoms with Crippen LogP contribution in [0.3, 0.4) is 0 Å². The number of halogens is 2. The van der Waals surface area contributed by atoms with Crippen molar-refractivity contribution in [1.82, 2.24) is 39.0 Å². The number of aromatic nitrogens is 8. The van der Waals surface area contributed by atoms with Crippen LogP contribution in [0.2, 0.25) is 0 Å². The molecule has 2 fully saturated rings. The van der Waals surface area contributed by atoms with Crippen LogP contribution in [0.4, 0.5) is 8.78 Å². The third kappa shape index (κ3) is 6.76. The number of nitrogens with one attached hydrogen (secondary N) is 2. The van der Waals surface area contributed by atoms with E-state index in [9.17, 15) is 28.7 Å². The number of alkyl halides is 2. The molecule has 0 bridgehead atoms. The summed E-state index contributed by atoms with van der Waals surface area (Å²) in [7, 11) is -9.94. The van der Waals surface area contributed by atoms with E-state index in [2.05, 4.69) is 29.9 Å². The van der Waals surface area contributed by atoms with Crippen molar-refractivity contribution < 1.29 is 51.0 Å². The van der Waals surface area contributed by atoms with Crippen LogP contribution in [0, 0.1) is 22.7 Å². The summed E-state index contributed by atoms with van der Waals surface area (Å²) in [5, 5.41) is 28.2. The summed E-state index contributed by atoms with van der Waals surface area (Å²) in [6.45, 7) is -3.06. The molecule has 6 rings (SSSR count). The van der Waals surface area contributed by atoms with Crippen molar-refractivity contribution in [1.29, 1.82) is 10.5 Å². The molecule has 2 saturated heterocycles. The lowest BCUT2D eigenvalue weighted by Gasteiger charge is -2.29. The maximum atomic E-state index is 16.5. The van der Waals surface area contributed by atoms with Gasteiger partial charge in [0.1, 0.15) is 23.5 Å². The predicted molar refractivity (Wildman–Crippen MR) is 164 cm³/mol. The molecule has 2 aliphatic rings. The number of hydrogen-bond acceptors (Lipinski definition) is 16. The van der Waals surface area contributed by atoms with Crippen molar-refractivity contribution in [2.45, 2.75) is 61.2 Å². The molecular weight excluding hydrogens is 728 g/mol. The van der Waals surface area contributed by atoms with Crippen LogP contribution in [-0.2, 0) is 32.2 Å². The van der Waals surface area contributed by atoms with Gasteiger partial charge in [0.2, 0.25) is 0 Å². The van der Waals surface area contributed by atoms with E-state index in [1.807, 2.05) is 0 Å². The van der Waals surface area contributed by atoms with E-state index < -0.39 is 101 Å². The molecule has 4 N–H and O–H groups in total. The topological polar surface area (TPSA) is 295 Å². The first-order chi connectivity index (χ1) is 24.5. The lowest BCUT2D eigenvalue weighted by atomic mass is 10.2. The molecule has 0 amide bonds. The second kappa shape index (κ2) is 14.8. The van der Waals surface area contributed by atoms with Gasteiger partial charge in [-0.15, -0.1) is 0 Å². The Morgan fingerprint density at radius 1 is 0.824 bits per heavy atom. The first kappa shape index (κ1) is 36.5. The Labute approximate surface area is 283 Å². The second-order valence-corrected chi connectivity index (χ2v) is 15.4. The Hall–Kier alpha value is -4.28. The number of hydrogen-bond donors (Lipinski definition) is 4. The molecule has 51 heavy (non-hydrogen) atoms. The van der Waals surface area contributed by atoms with E-state index in [0.29, 0.717) is 0 Å². The fraction of sp³-hybridized carbons (Fsp3) is 0.538.